The maximum atomic E-state index is 13.5. The minimum absolute atomic E-state index is 0.148. The van der Waals surface area contributed by atoms with Gasteiger partial charge in [0.25, 0.3) is 0 Å². The van der Waals surface area contributed by atoms with Crippen molar-refractivity contribution in [3.05, 3.63) is 71.8 Å². The van der Waals surface area contributed by atoms with Crippen LogP contribution >= 0.6 is 0 Å². The summed E-state index contributed by atoms with van der Waals surface area (Å²) >= 11 is 0. The van der Waals surface area contributed by atoms with Crippen LogP contribution < -0.4 is 0 Å². The van der Waals surface area contributed by atoms with E-state index in [0.29, 0.717) is 0 Å². The Morgan fingerprint density at radius 2 is 1.04 bits per heavy atom. The zero-order valence-electron chi connectivity index (χ0n) is 12.7. The van der Waals surface area contributed by atoms with Crippen molar-refractivity contribution in [2.75, 3.05) is 13.2 Å². The summed E-state index contributed by atoms with van der Waals surface area (Å²) in [6, 6.07) is 18.5. The van der Waals surface area contributed by atoms with Gasteiger partial charge in [0.2, 0.25) is 12.7 Å². The summed E-state index contributed by atoms with van der Waals surface area (Å²) in [6.45, 7) is -0.367. The fourth-order valence-corrected chi connectivity index (χ4v) is 1.87. The first-order valence-corrected chi connectivity index (χ1v) is 7.41. The van der Waals surface area contributed by atoms with Gasteiger partial charge in [-0.25, -0.2) is 8.78 Å². The molecule has 5 heteroatoms. The van der Waals surface area contributed by atoms with Crippen LogP contribution in [0.2, 0.25) is 0 Å². The minimum Gasteiger partial charge on any atom is -0.370 e. The summed E-state index contributed by atoms with van der Waals surface area (Å²) in [5.41, 5.74) is 1.73. The van der Waals surface area contributed by atoms with E-state index >= 15 is 0 Å². The Morgan fingerprint density at radius 1 is 0.652 bits per heavy atom. The Hall–Kier alpha value is -1.82. The molecule has 0 fully saturated rings. The van der Waals surface area contributed by atoms with Gasteiger partial charge < -0.3 is 14.2 Å². The fraction of sp³-hybridized carbons (Fsp3) is 0.333. The number of benzene rings is 2. The average molecular weight is 322 g/mol. The summed E-state index contributed by atoms with van der Waals surface area (Å²) in [5.74, 6) is 0. The first-order valence-electron chi connectivity index (χ1n) is 7.41. The highest BCUT2D eigenvalue weighted by Gasteiger charge is 2.11. The third-order valence-electron chi connectivity index (χ3n) is 3.05. The summed E-state index contributed by atoms with van der Waals surface area (Å²) in [4.78, 5) is 0. The fourth-order valence-electron chi connectivity index (χ4n) is 1.87. The predicted octanol–water partition coefficient (Wildman–Crippen LogP) is 4.03. The van der Waals surface area contributed by atoms with Crippen molar-refractivity contribution in [3.8, 4) is 0 Å². The molecule has 2 rings (SSSR count). The molecule has 0 aliphatic heterocycles. The van der Waals surface area contributed by atoms with Crippen molar-refractivity contribution in [1.29, 1.82) is 0 Å². The predicted molar refractivity (Wildman–Crippen MR) is 83.1 cm³/mol. The van der Waals surface area contributed by atoms with Gasteiger partial charge in [-0.3, -0.25) is 0 Å². The molecule has 0 N–H and O–H groups in total. The van der Waals surface area contributed by atoms with Crippen molar-refractivity contribution in [3.63, 3.8) is 0 Å². The molecule has 0 aliphatic rings. The maximum Gasteiger partial charge on any atom is 0.222 e. The molecule has 0 saturated carbocycles. The molecule has 0 radical (unpaired) electrons. The molecule has 0 aliphatic carbocycles. The first kappa shape index (κ1) is 17.5. The third-order valence-corrected chi connectivity index (χ3v) is 3.05. The second-order valence-electron chi connectivity index (χ2n) is 4.95. The molecular weight excluding hydrogens is 302 g/mol. The zero-order chi connectivity index (χ0) is 16.3. The second-order valence-corrected chi connectivity index (χ2v) is 4.95. The SMILES string of the molecule is FC(COCC(F)OCc1ccccc1)OCc1ccccc1. The Labute approximate surface area is 134 Å². The molecule has 0 spiro atoms. The van der Waals surface area contributed by atoms with Crippen LogP contribution in [0.4, 0.5) is 8.78 Å². The number of rotatable bonds is 10. The van der Waals surface area contributed by atoms with Gasteiger partial charge in [0, 0.05) is 0 Å². The van der Waals surface area contributed by atoms with Crippen LogP contribution in [0, 0.1) is 0 Å². The molecule has 2 aromatic carbocycles. The normalized spacial score (nSPS) is 13.7. The quantitative estimate of drug-likeness (QED) is 0.661. The Kier molecular flexibility index (Phi) is 7.66. The molecule has 2 atom stereocenters. The lowest BCUT2D eigenvalue weighted by Gasteiger charge is -2.13. The van der Waals surface area contributed by atoms with Crippen molar-refractivity contribution >= 4 is 0 Å². The Morgan fingerprint density at radius 3 is 1.43 bits per heavy atom. The first-order chi connectivity index (χ1) is 11.2. The highest BCUT2D eigenvalue weighted by Crippen LogP contribution is 2.07. The van der Waals surface area contributed by atoms with Crippen LogP contribution in [0.1, 0.15) is 11.1 Å². The van der Waals surface area contributed by atoms with Gasteiger partial charge in [-0.1, -0.05) is 60.7 Å². The summed E-state index contributed by atoms with van der Waals surface area (Å²) in [7, 11) is 0. The van der Waals surface area contributed by atoms with Crippen LogP contribution in [0.3, 0.4) is 0 Å². The van der Waals surface area contributed by atoms with Gasteiger partial charge in [-0.2, -0.15) is 0 Å². The van der Waals surface area contributed by atoms with Gasteiger partial charge >= 0.3 is 0 Å². The van der Waals surface area contributed by atoms with E-state index in [1.165, 1.54) is 0 Å². The van der Waals surface area contributed by atoms with Crippen LogP contribution in [0.15, 0.2) is 60.7 Å². The molecule has 23 heavy (non-hydrogen) atoms. The van der Waals surface area contributed by atoms with Gasteiger partial charge in [-0.05, 0) is 11.1 Å². The number of ether oxygens (including phenoxy) is 3. The molecule has 0 bridgehead atoms. The van der Waals surface area contributed by atoms with Crippen molar-refractivity contribution < 1.29 is 23.0 Å². The summed E-state index contributed by atoms with van der Waals surface area (Å²) < 4.78 is 41.9. The zero-order valence-corrected chi connectivity index (χ0v) is 12.7. The van der Waals surface area contributed by atoms with E-state index in [1.807, 2.05) is 60.7 Å². The number of hydrogen-bond donors (Lipinski definition) is 0. The highest BCUT2D eigenvalue weighted by molar-refractivity contribution is 5.14. The number of hydrogen-bond acceptors (Lipinski definition) is 3. The van der Waals surface area contributed by atoms with E-state index in [4.69, 9.17) is 14.2 Å². The van der Waals surface area contributed by atoms with Crippen molar-refractivity contribution in [2.24, 2.45) is 0 Å². The van der Waals surface area contributed by atoms with Gasteiger partial charge in [0.05, 0.1) is 13.2 Å². The summed E-state index contributed by atoms with van der Waals surface area (Å²) in [6.07, 6.45) is -3.20. The monoisotopic (exact) mass is 322 g/mol. The molecule has 2 unspecified atom stereocenters. The lowest BCUT2D eigenvalue weighted by atomic mass is 10.2. The van der Waals surface area contributed by atoms with Gasteiger partial charge in [-0.15, -0.1) is 0 Å². The molecular formula is C18H20F2O3. The molecule has 2 aromatic rings. The summed E-state index contributed by atoms with van der Waals surface area (Å²) in [5, 5.41) is 0. The molecule has 0 amide bonds. The van der Waals surface area contributed by atoms with E-state index in [2.05, 4.69) is 0 Å². The third kappa shape index (κ3) is 7.32. The topological polar surface area (TPSA) is 27.7 Å². The maximum absolute atomic E-state index is 13.5. The largest absolute Gasteiger partial charge is 0.370 e. The van der Waals surface area contributed by atoms with E-state index in [-0.39, 0.29) is 26.4 Å². The van der Waals surface area contributed by atoms with Gasteiger partial charge in [0.1, 0.15) is 13.2 Å². The van der Waals surface area contributed by atoms with E-state index in [0.717, 1.165) is 11.1 Å². The standard InChI is InChI=1S/C18H20F2O3/c19-17(22-11-15-7-3-1-4-8-15)13-21-14-18(20)23-12-16-9-5-2-6-10-16/h1-10,17-18H,11-14H2. The smallest absolute Gasteiger partial charge is 0.222 e. The van der Waals surface area contributed by atoms with Gasteiger partial charge in [0.15, 0.2) is 0 Å². The number of alkyl halides is 2. The Balaban J connectivity index is 1.55. The second kappa shape index (κ2) is 10.0. The molecule has 0 heterocycles. The van der Waals surface area contributed by atoms with E-state index in [9.17, 15) is 8.78 Å². The number of halogens is 2. The highest BCUT2D eigenvalue weighted by atomic mass is 19.2. The molecule has 3 nitrogen and oxygen atoms in total. The molecule has 124 valence electrons. The average Bonchev–Trinajstić information content (AvgIpc) is 2.60. The lowest BCUT2D eigenvalue weighted by Crippen LogP contribution is -2.20. The van der Waals surface area contributed by atoms with Crippen LogP contribution in [-0.2, 0) is 27.4 Å². The minimum atomic E-state index is -1.60. The lowest BCUT2D eigenvalue weighted by molar-refractivity contribution is -0.136. The van der Waals surface area contributed by atoms with Crippen LogP contribution in [0.5, 0.6) is 0 Å². The van der Waals surface area contributed by atoms with Crippen molar-refractivity contribution in [2.45, 2.75) is 25.9 Å². The Bertz CT molecular complexity index is 487. The van der Waals surface area contributed by atoms with E-state index in [1.54, 1.807) is 0 Å². The van der Waals surface area contributed by atoms with E-state index < -0.39 is 12.7 Å². The van der Waals surface area contributed by atoms with Crippen LogP contribution in [-0.4, -0.2) is 25.9 Å². The van der Waals surface area contributed by atoms with Crippen molar-refractivity contribution in [1.82, 2.24) is 0 Å². The van der Waals surface area contributed by atoms with Crippen LogP contribution in [0.25, 0.3) is 0 Å². The molecule has 0 saturated heterocycles. The molecule has 0 aromatic heterocycles.